The van der Waals surface area contributed by atoms with E-state index in [0.29, 0.717) is 48.7 Å². The van der Waals surface area contributed by atoms with Gasteiger partial charge in [-0.25, -0.2) is 9.97 Å². The zero-order valence-corrected chi connectivity index (χ0v) is 18.8. The largest absolute Gasteiger partial charge is 0.435 e. The fourth-order valence-corrected chi connectivity index (χ4v) is 3.93. The molecule has 1 amide bonds. The molecular weight excluding hydrogens is 458 g/mol. The minimum absolute atomic E-state index is 0.0752. The second-order valence-electron chi connectivity index (χ2n) is 8.24. The van der Waals surface area contributed by atoms with Crippen molar-refractivity contribution in [2.45, 2.75) is 31.5 Å². The molecule has 1 aromatic heterocycles. The fraction of sp³-hybridized carbons (Fsp3) is 0.320. The highest BCUT2D eigenvalue weighted by atomic mass is 19.3. The number of aromatic nitrogens is 2. The third kappa shape index (κ3) is 6.28. The summed E-state index contributed by atoms with van der Waals surface area (Å²) in [6, 6.07) is 13.3. The first kappa shape index (κ1) is 24.5. The molecule has 2 heterocycles. The number of nitrogens with zero attached hydrogens (tertiary/aromatic N) is 3. The maximum Gasteiger partial charge on any atom is 0.387 e. The van der Waals surface area contributed by atoms with E-state index in [1.54, 1.807) is 53.7 Å². The Morgan fingerprint density at radius 2 is 1.66 bits per heavy atom. The molecule has 0 unspecified atom stereocenters. The number of alkyl halides is 2. The van der Waals surface area contributed by atoms with Crippen LogP contribution in [0.2, 0.25) is 0 Å². The Morgan fingerprint density at radius 1 is 1.03 bits per heavy atom. The first-order chi connectivity index (χ1) is 16.9. The lowest BCUT2D eigenvalue weighted by molar-refractivity contribution is -0.135. The van der Waals surface area contributed by atoms with Crippen molar-refractivity contribution in [2.75, 3.05) is 25.0 Å². The van der Waals surface area contributed by atoms with Crippen LogP contribution in [0.3, 0.4) is 0 Å². The van der Waals surface area contributed by atoms with Crippen LogP contribution in [0.1, 0.15) is 24.3 Å². The monoisotopic (exact) mass is 484 g/mol. The number of hydrogen-bond acceptors (Lipinski definition) is 7. The van der Waals surface area contributed by atoms with Gasteiger partial charge in [0.05, 0.1) is 18.6 Å². The molecule has 3 N–H and O–H groups in total. The van der Waals surface area contributed by atoms with Gasteiger partial charge in [0, 0.05) is 36.7 Å². The minimum Gasteiger partial charge on any atom is -0.435 e. The van der Waals surface area contributed by atoms with E-state index in [2.05, 4.69) is 20.0 Å². The lowest BCUT2D eigenvalue weighted by Gasteiger charge is -2.32. The molecule has 10 heteroatoms. The van der Waals surface area contributed by atoms with Gasteiger partial charge in [-0.15, -0.1) is 0 Å². The molecule has 1 fully saturated rings. The van der Waals surface area contributed by atoms with Crippen molar-refractivity contribution in [1.82, 2.24) is 14.9 Å². The average Bonchev–Trinajstić information content (AvgIpc) is 2.86. The zero-order valence-electron chi connectivity index (χ0n) is 18.8. The molecule has 0 saturated carbocycles. The van der Waals surface area contributed by atoms with Gasteiger partial charge in [0.25, 0.3) is 0 Å². The van der Waals surface area contributed by atoms with Crippen LogP contribution in [0, 0.1) is 0 Å². The highest BCUT2D eigenvalue weighted by Gasteiger charge is 2.28. The Labute approximate surface area is 201 Å². The van der Waals surface area contributed by atoms with Gasteiger partial charge in [0.15, 0.2) is 0 Å². The summed E-state index contributed by atoms with van der Waals surface area (Å²) in [7, 11) is 0. The number of anilines is 2. The van der Waals surface area contributed by atoms with E-state index in [1.165, 1.54) is 12.1 Å². The Morgan fingerprint density at radius 3 is 2.23 bits per heavy atom. The normalized spacial score (nSPS) is 15.2. The summed E-state index contributed by atoms with van der Waals surface area (Å²) in [5, 5.41) is 22.6. The van der Waals surface area contributed by atoms with Gasteiger partial charge in [-0.2, -0.15) is 8.78 Å². The summed E-state index contributed by atoms with van der Waals surface area (Å²) < 4.78 is 28.9. The van der Waals surface area contributed by atoms with Crippen molar-refractivity contribution in [3.63, 3.8) is 0 Å². The number of carbonyl (C=O) groups excluding carboxylic acids is 1. The number of amides is 1. The summed E-state index contributed by atoms with van der Waals surface area (Å²) in [5.41, 5.74) is 2.87. The van der Waals surface area contributed by atoms with Crippen LogP contribution in [-0.4, -0.2) is 63.4 Å². The van der Waals surface area contributed by atoms with Gasteiger partial charge in [-0.3, -0.25) is 4.79 Å². The molecule has 0 bridgehead atoms. The number of likely N-dealkylation sites (tertiary alicyclic amines) is 1. The standard InChI is InChI=1S/C25H26F2N4O4/c26-24(27)35-21-7-3-16(4-8-21)18-13-28-25(29-14-18)30-19-5-1-17(2-6-19)22(15-32)23(34)31-11-9-20(33)10-12-31/h1-8,13-14,20,22,24,32-33H,9-12,15H2,(H,28,29,30)/t22-/m1/s1. The molecule has 35 heavy (non-hydrogen) atoms. The Hall–Kier alpha value is -3.63. The third-order valence-electron chi connectivity index (χ3n) is 5.89. The molecule has 0 spiro atoms. The maximum absolute atomic E-state index is 12.8. The summed E-state index contributed by atoms with van der Waals surface area (Å²) >= 11 is 0. The number of aliphatic hydroxyl groups is 2. The topological polar surface area (TPSA) is 108 Å². The zero-order chi connectivity index (χ0) is 24.8. The van der Waals surface area contributed by atoms with Crippen molar-refractivity contribution >= 4 is 17.5 Å². The van der Waals surface area contributed by atoms with E-state index < -0.39 is 12.5 Å². The van der Waals surface area contributed by atoms with Crippen molar-refractivity contribution in [3.05, 3.63) is 66.5 Å². The van der Waals surface area contributed by atoms with Crippen LogP contribution in [0.25, 0.3) is 11.1 Å². The molecule has 0 radical (unpaired) electrons. The SMILES string of the molecule is O=C([C@H](CO)c1ccc(Nc2ncc(-c3ccc(OC(F)F)cc3)cn2)cc1)N1CCC(O)CC1. The molecule has 0 aliphatic carbocycles. The predicted molar refractivity (Wildman–Crippen MR) is 125 cm³/mol. The number of benzene rings is 2. The number of nitrogens with one attached hydrogen (secondary N) is 1. The summed E-state index contributed by atoms with van der Waals surface area (Å²) in [6.07, 6.45) is 3.95. The second kappa shape index (κ2) is 11.2. The minimum atomic E-state index is -2.87. The number of carbonyl (C=O) groups is 1. The highest BCUT2D eigenvalue weighted by Crippen LogP contribution is 2.25. The smallest absolute Gasteiger partial charge is 0.387 e. The quantitative estimate of drug-likeness (QED) is 0.449. The van der Waals surface area contributed by atoms with Gasteiger partial charge in [-0.1, -0.05) is 24.3 Å². The van der Waals surface area contributed by atoms with E-state index in [4.69, 9.17) is 0 Å². The van der Waals surface area contributed by atoms with Crippen LogP contribution < -0.4 is 10.1 Å². The second-order valence-corrected chi connectivity index (χ2v) is 8.24. The lowest BCUT2D eigenvalue weighted by atomic mass is 9.96. The van der Waals surface area contributed by atoms with Gasteiger partial charge in [0.1, 0.15) is 5.75 Å². The Balaban J connectivity index is 1.38. The van der Waals surface area contributed by atoms with Gasteiger partial charge < -0.3 is 25.2 Å². The van der Waals surface area contributed by atoms with Crippen LogP contribution in [-0.2, 0) is 4.79 Å². The number of ether oxygens (including phenoxy) is 1. The van der Waals surface area contributed by atoms with E-state index in [1.807, 2.05) is 0 Å². The number of piperidine rings is 1. The maximum atomic E-state index is 12.8. The molecule has 184 valence electrons. The first-order valence-corrected chi connectivity index (χ1v) is 11.2. The van der Waals surface area contributed by atoms with Crippen molar-refractivity contribution in [1.29, 1.82) is 0 Å². The van der Waals surface area contributed by atoms with Gasteiger partial charge in [-0.05, 0) is 48.2 Å². The predicted octanol–water partition coefficient (Wildman–Crippen LogP) is 3.55. The molecule has 1 aliphatic heterocycles. The molecular formula is C25H26F2N4O4. The highest BCUT2D eigenvalue weighted by molar-refractivity contribution is 5.84. The number of hydrogen-bond donors (Lipinski definition) is 3. The van der Waals surface area contributed by atoms with Crippen LogP contribution in [0.4, 0.5) is 20.4 Å². The van der Waals surface area contributed by atoms with E-state index in [9.17, 15) is 23.8 Å². The molecule has 1 atom stereocenters. The number of rotatable bonds is 8. The summed E-state index contributed by atoms with van der Waals surface area (Å²) in [6.45, 7) is -2.21. The lowest BCUT2D eigenvalue weighted by Crippen LogP contribution is -2.43. The Bertz CT molecular complexity index is 1100. The van der Waals surface area contributed by atoms with E-state index in [0.717, 1.165) is 5.56 Å². The third-order valence-corrected chi connectivity index (χ3v) is 5.89. The van der Waals surface area contributed by atoms with Crippen LogP contribution >= 0.6 is 0 Å². The first-order valence-electron chi connectivity index (χ1n) is 11.2. The van der Waals surface area contributed by atoms with Crippen molar-refractivity contribution in [3.8, 4) is 16.9 Å². The number of aliphatic hydroxyl groups excluding tert-OH is 2. The van der Waals surface area contributed by atoms with Crippen molar-refractivity contribution in [2.24, 2.45) is 0 Å². The molecule has 3 aromatic rings. The van der Waals surface area contributed by atoms with E-state index in [-0.39, 0.29) is 24.4 Å². The van der Waals surface area contributed by atoms with Gasteiger partial charge >= 0.3 is 6.61 Å². The van der Waals surface area contributed by atoms with Gasteiger partial charge in [0.2, 0.25) is 11.9 Å². The summed E-state index contributed by atoms with van der Waals surface area (Å²) in [4.78, 5) is 23.1. The molecule has 2 aromatic carbocycles. The van der Waals surface area contributed by atoms with Crippen molar-refractivity contribution < 1.29 is 28.5 Å². The number of halogens is 2. The molecule has 8 nitrogen and oxygen atoms in total. The van der Waals surface area contributed by atoms with Crippen LogP contribution in [0.15, 0.2) is 60.9 Å². The molecule has 4 rings (SSSR count). The summed E-state index contributed by atoms with van der Waals surface area (Å²) in [5.74, 6) is -0.368. The average molecular weight is 485 g/mol. The van der Waals surface area contributed by atoms with E-state index >= 15 is 0 Å². The Kier molecular flexibility index (Phi) is 7.84. The van der Waals surface area contributed by atoms with Crippen LogP contribution in [0.5, 0.6) is 5.75 Å². The molecule has 1 saturated heterocycles. The fourth-order valence-electron chi connectivity index (χ4n) is 3.93. The molecule has 1 aliphatic rings.